The predicted molar refractivity (Wildman–Crippen MR) is 107 cm³/mol. The monoisotopic (exact) mass is 351 g/mol. The molecule has 0 aromatic heterocycles. The van der Waals surface area contributed by atoms with Gasteiger partial charge in [0.25, 0.3) is 0 Å². The Kier molecular flexibility index (Phi) is 5.19. The van der Waals surface area contributed by atoms with Gasteiger partial charge in [-0.05, 0) is 57.7 Å². The Morgan fingerprint density at radius 1 is 1.08 bits per heavy atom. The van der Waals surface area contributed by atoms with Crippen molar-refractivity contribution < 1.29 is 9.53 Å². The zero-order valence-corrected chi connectivity index (χ0v) is 16.3. The molecule has 0 spiro atoms. The summed E-state index contributed by atoms with van der Waals surface area (Å²) in [4.78, 5) is 12.9. The third kappa shape index (κ3) is 4.16. The van der Waals surface area contributed by atoms with Gasteiger partial charge in [0.2, 0.25) is 5.91 Å². The number of anilines is 1. The quantitative estimate of drug-likeness (QED) is 0.826. The Morgan fingerprint density at radius 2 is 1.77 bits per heavy atom. The number of aryl methyl sites for hydroxylation is 2. The number of nitrogens with one attached hydrogen (secondary N) is 1. The van der Waals surface area contributed by atoms with Crippen LogP contribution in [0.2, 0.25) is 0 Å². The Hall–Kier alpha value is -2.13. The molecule has 3 rings (SSSR count). The highest BCUT2D eigenvalue weighted by atomic mass is 16.5. The van der Waals surface area contributed by atoms with Crippen LogP contribution in [0, 0.1) is 13.8 Å². The minimum Gasteiger partial charge on any atom is -0.376 e. The van der Waals surface area contributed by atoms with Crippen LogP contribution in [0.15, 0.2) is 48.5 Å². The third-order valence-electron chi connectivity index (χ3n) is 5.42. The molecule has 2 aromatic carbocycles. The van der Waals surface area contributed by atoms with E-state index >= 15 is 0 Å². The fourth-order valence-corrected chi connectivity index (χ4v) is 4.10. The summed E-state index contributed by atoms with van der Waals surface area (Å²) in [5, 5.41) is 3.11. The largest absolute Gasteiger partial charge is 0.376 e. The first-order valence-corrected chi connectivity index (χ1v) is 9.36. The summed E-state index contributed by atoms with van der Waals surface area (Å²) in [6.45, 7) is 9.03. The maximum absolute atomic E-state index is 12.9. The number of hydrogen-bond acceptors (Lipinski definition) is 2. The van der Waals surface area contributed by atoms with Crippen molar-refractivity contribution in [1.82, 2.24) is 0 Å². The molecular formula is C23H29NO2. The smallest absolute Gasteiger partial charge is 0.225 e. The van der Waals surface area contributed by atoms with Crippen LogP contribution in [0.5, 0.6) is 0 Å². The molecule has 26 heavy (non-hydrogen) atoms. The number of hydrogen-bond donors (Lipinski definition) is 1. The molecule has 1 aliphatic rings. The number of para-hydroxylation sites is 1. The number of benzene rings is 2. The molecule has 1 atom stereocenters. The van der Waals surface area contributed by atoms with Gasteiger partial charge in [-0.15, -0.1) is 0 Å². The molecule has 1 aliphatic heterocycles. The average Bonchev–Trinajstić information content (AvgIpc) is 2.56. The Balaban J connectivity index is 1.87. The topological polar surface area (TPSA) is 38.3 Å². The normalized spacial score (nSPS) is 22.0. The lowest BCUT2D eigenvalue weighted by molar-refractivity contribution is -0.122. The molecule has 1 saturated heterocycles. The molecule has 1 unspecified atom stereocenters. The highest BCUT2D eigenvalue weighted by molar-refractivity contribution is 5.92. The van der Waals surface area contributed by atoms with E-state index in [4.69, 9.17) is 4.74 Å². The van der Waals surface area contributed by atoms with Gasteiger partial charge < -0.3 is 10.1 Å². The van der Waals surface area contributed by atoms with Crippen LogP contribution in [-0.4, -0.2) is 18.1 Å². The number of rotatable bonds is 4. The zero-order valence-electron chi connectivity index (χ0n) is 16.3. The fraction of sp³-hybridized carbons (Fsp3) is 0.435. The van der Waals surface area contributed by atoms with E-state index in [0.717, 1.165) is 24.1 Å². The molecule has 3 heteroatoms. The van der Waals surface area contributed by atoms with Gasteiger partial charge in [0.05, 0.1) is 5.60 Å². The molecule has 0 radical (unpaired) electrons. The molecule has 1 heterocycles. The lowest BCUT2D eigenvalue weighted by atomic mass is 9.67. The Morgan fingerprint density at radius 3 is 2.42 bits per heavy atom. The third-order valence-corrected chi connectivity index (χ3v) is 5.42. The molecular weight excluding hydrogens is 322 g/mol. The molecule has 0 saturated carbocycles. The van der Waals surface area contributed by atoms with E-state index in [1.807, 2.05) is 31.2 Å². The van der Waals surface area contributed by atoms with E-state index in [2.05, 4.69) is 50.4 Å². The maximum atomic E-state index is 12.9. The van der Waals surface area contributed by atoms with Gasteiger partial charge in [-0.25, -0.2) is 0 Å². The van der Waals surface area contributed by atoms with Crippen molar-refractivity contribution in [2.75, 3.05) is 11.9 Å². The summed E-state index contributed by atoms with van der Waals surface area (Å²) < 4.78 is 5.95. The van der Waals surface area contributed by atoms with Gasteiger partial charge in [-0.2, -0.15) is 0 Å². The second-order valence-corrected chi connectivity index (χ2v) is 8.22. The predicted octanol–water partition coefficient (Wildman–Crippen LogP) is 5.16. The first-order chi connectivity index (χ1) is 12.3. The van der Waals surface area contributed by atoms with Crippen LogP contribution < -0.4 is 5.32 Å². The van der Waals surface area contributed by atoms with Crippen molar-refractivity contribution in [3.63, 3.8) is 0 Å². The van der Waals surface area contributed by atoms with Crippen molar-refractivity contribution in [2.45, 2.75) is 58.0 Å². The highest BCUT2D eigenvalue weighted by Crippen LogP contribution is 2.44. The van der Waals surface area contributed by atoms with Gasteiger partial charge in [0, 0.05) is 24.1 Å². The van der Waals surface area contributed by atoms with Gasteiger partial charge in [0.15, 0.2) is 0 Å². The van der Waals surface area contributed by atoms with E-state index in [0.29, 0.717) is 13.0 Å². The van der Waals surface area contributed by atoms with Crippen LogP contribution in [0.25, 0.3) is 0 Å². The van der Waals surface area contributed by atoms with E-state index in [1.54, 1.807) is 0 Å². The molecule has 1 amide bonds. The second-order valence-electron chi connectivity index (χ2n) is 8.22. The molecule has 0 aliphatic carbocycles. The van der Waals surface area contributed by atoms with Gasteiger partial charge in [-0.1, -0.05) is 48.0 Å². The lowest BCUT2D eigenvalue weighted by Gasteiger charge is -2.45. The first-order valence-electron chi connectivity index (χ1n) is 9.36. The van der Waals surface area contributed by atoms with Crippen LogP contribution in [0.1, 0.15) is 49.8 Å². The number of carbonyl (C=O) groups is 1. The van der Waals surface area contributed by atoms with E-state index in [1.165, 1.54) is 11.1 Å². The molecule has 3 nitrogen and oxygen atoms in total. The first kappa shape index (κ1) is 18.7. The average molecular weight is 351 g/mol. The molecule has 2 aromatic rings. The minimum absolute atomic E-state index is 0.0672. The van der Waals surface area contributed by atoms with E-state index in [9.17, 15) is 4.79 Å². The van der Waals surface area contributed by atoms with E-state index < -0.39 is 0 Å². The van der Waals surface area contributed by atoms with Crippen molar-refractivity contribution in [2.24, 2.45) is 0 Å². The summed E-state index contributed by atoms with van der Waals surface area (Å²) in [7, 11) is 0. The summed E-state index contributed by atoms with van der Waals surface area (Å²) in [6.07, 6.45) is 2.17. The summed E-state index contributed by atoms with van der Waals surface area (Å²) in [5.41, 5.74) is 4.02. The van der Waals surface area contributed by atoms with Gasteiger partial charge >= 0.3 is 0 Å². The summed E-state index contributed by atoms with van der Waals surface area (Å²) in [5.74, 6) is 0.0672. The number of carbonyl (C=O) groups excluding carboxylic acids is 1. The van der Waals surface area contributed by atoms with Crippen molar-refractivity contribution in [3.05, 3.63) is 65.2 Å². The Labute approximate surface area is 156 Å². The lowest BCUT2D eigenvalue weighted by Crippen LogP contribution is -2.45. The molecule has 138 valence electrons. The number of amides is 1. The minimum atomic E-state index is -0.230. The standard InChI is InChI=1S/C23H29NO2/c1-17-9-11-19(12-10-17)23(13-14-26-22(3,4)16-23)15-21(25)24-20-8-6-5-7-18(20)2/h5-12H,13-16H2,1-4H3,(H,24,25). The highest BCUT2D eigenvalue weighted by Gasteiger charge is 2.43. The van der Waals surface area contributed by atoms with Gasteiger partial charge in [0.1, 0.15) is 0 Å². The molecule has 1 fully saturated rings. The van der Waals surface area contributed by atoms with Crippen LogP contribution in [0.4, 0.5) is 5.69 Å². The summed E-state index contributed by atoms with van der Waals surface area (Å²) in [6, 6.07) is 16.5. The van der Waals surface area contributed by atoms with Crippen LogP contribution in [-0.2, 0) is 14.9 Å². The van der Waals surface area contributed by atoms with Crippen LogP contribution in [0.3, 0.4) is 0 Å². The molecule has 0 bridgehead atoms. The zero-order chi connectivity index (χ0) is 18.8. The van der Waals surface area contributed by atoms with Crippen molar-refractivity contribution in [3.8, 4) is 0 Å². The number of ether oxygens (including phenoxy) is 1. The summed E-state index contributed by atoms with van der Waals surface area (Å²) >= 11 is 0. The molecule has 1 N–H and O–H groups in total. The Bertz CT molecular complexity index is 779. The van der Waals surface area contributed by atoms with E-state index in [-0.39, 0.29) is 16.9 Å². The van der Waals surface area contributed by atoms with Crippen molar-refractivity contribution >= 4 is 11.6 Å². The second kappa shape index (κ2) is 7.24. The van der Waals surface area contributed by atoms with Crippen LogP contribution >= 0.6 is 0 Å². The van der Waals surface area contributed by atoms with Gasteiger partial charge in [-0.3, -0.25) is 4.79 Å². The fourth-order valence-electron chi connectivity index (χ4n) is 4.10. The maximum Gasteiger partial charge on any atom is 0.225 e. The SMILES string of the molecule is Cc1ccc(C2(CC(=O)Nc3ccccc3C)CCOC(C)(C)C2)cc1. The van der Waals surface area contributed by atoms with Crippen molar-refractivity contribution in [1.29, 1.82) is 0 Å².